The number of fused-ring (bicyclic) bond motifs is 1. The first kappa shape index (κ1) is 21.1. The number of phenols is 1. The van der Waals surface area contributed by atoms with Crippen LogP contribution in [0, 0.1) is 10.1 Å². The standard InChI is InChI=1S/C26H18N2O6/c29-19-13-7-6-12-18(19)20-21-23(30)16-10-4-5-11-17(16)24(31)25(21)34-26(22(20)28(32)33)27-14-15-8-2-1-3-9-15/h1-13,20,27,29H,14H2. The van der Waals surface area contributed by atoms with Crippen molar-refractivity contribution in [3.63, 3.8) is 0 Å². The van der Waals surface area contributed by atoms with Gasteiger partial charge in [-0.1, -0.05) is 72.8 Å². The van der Waals surface area contributed by atoms with Gasteiger partial charge in [0.15, 0.2) is 11.5 Å². The summed E-state index contributed by atoms with van der Waals surface area (Å²) in [7, 11) is 0. The number of allylic oxidation sites excluding steroid dienone is 2. The van der Waals surface area contributed by atoms with E-state index in [1.54, 1.807) is 24.3 Å². The Morgan fingerprint density at radius 3 is 2.18 bits per heavy atom. The van der Waals surface area contributed by atoms with Gasteiger partial charge in [0.25, 0.3) is 5.88 Å². The number of hydrogen-bond acceptors (Lipinski definition) is 7. The minimum absolute atomic E-state index is 0.129. The number of phenolic OH excluding ortho intramolecular Hbond substituents is 1. The van der Waals surface area contributed by atoms with Gasteiger partial charge >= 0.3 is 5.70 Å². The maximum absolute atomic E-state index is 13.5. The molecule has 3 aromatic carbocycles. The van der Waals surface area contributed by atoms with Crippen molar-refractivity contribution in [2.24, 2.45) is 0 Å². The largest absolute Gasteiger partial charge is 0.508 e. The molecular formula is C26H18N2O6. The first-order valence-electron chi connectivity index (χ1n) is 10.5. The Hall–Kier alpha value is -4.72. The van der Waals surface area contributed by atoms with Crippen LogP contribution in [0.25, 0.3) is 0 Å². The van der Waals surface area contributed by atoms with Crippen molar-refractivity contribution in [2.45, 2.75) is 12.5 Å². The lowest BCUT2D eigenvalue weighted by atomic mass is 9.77. The number of nitrogens with one attached hydrogen (secondary N) is 1. The fraction of sp³-hybridized carbons (Fsp3) is 0.0769. The smallest absolute Gasteiger partial charge is 0.317 e. The molecule has 0 fully saturated rings. The third kappa shape index (κ3) is 3.41. The summed E-state index contributed by atoms with van der Waals surface area (Å²) >= 11 is 0. The normalized spacial score (nSPS) is 17.1. The van der Waals surface area contributed by atoms with E-state index in [2.05, 4.69) is 5.32 Å². The second kappa shape index (κ2) is 8.32. The van der Waals surface area contributed by atoms with E-state index in [-0.39, 0.29) is 46.2 Å². The Morgan fingerprint density at radius 1 is 0.882 bits per heavy atom. The maximum atomic E-state index is 13.5. The van der Waals surface area contributed by atoms with E-state index in [0.717, 1.165) is 5.56 Å². The molecule has 0 saturated heterocycles. The summed E-state index contributed by atoms with van der Waals surface area (Å²) in [5, 5.41) is 25.8. The molecule has 1 aliphatic carbocycles. The van der Waals surface area contributed by atoms with E-state index in [9.17, 15) is 24.8 Å². The lowest BCUT2D eigenvalue weighted by molar-refractivity contribution is -0.433. The summed E-state index contributed by atoms with van der Waals surface area (Å²) in [6.45, 7) is 0.183. The minimum Gasteiger partial charge on any atom is -0.508 e. The predicted molar refractivity (Wildman–Crippen MR) is 121 cm³/mol. The van der Waals surface area contributed by atoms with Crippen LogP contribution in [-0.4, -0.2) is 21.6 Å². The van der Waals surface area contributed by atoms with E-state index < -0.39 is 28.1 Å². The average Bonchev–Trinajstić information content (AvgIpc) is 2.86. The van der Waals surface area contributed by atoms with Gasteiger partial charge in [0.05, 0.1) is 10.5 Å². The predicted octanol–water partition coefficient (Wildman–Crippen LogP) is 4.07. The van der Waals surface area contributed by atoms with Crippen LogP contribution >= 0.6 is 0 Å². The summed E-state index contributed by atoms with van der Waals surface area (Å²) in [4.78, 5) is 38.5. The zero-order chi connectivity index (χ0) is 23.8. The highest BCUT2D eigenvalue weighted by Gasteiger charge is 2.49. The highest BCUT2D eigenvalue weighted by Crippen LogP contribution is 2.46. The monoisotopic (exact) mass is 454 g/mol. The van der Waals surface area contributed by atoms with E-state index in [0.29, 0.717) is 0 Å². The fourth-order valence-corrected chi connectivity index (χ4v) is 4.29. The zero-order valence-electron chi connectivity index (χ0n) is 17.7. The summed E-state index contributed by atoms with van der Waals surface area (Å²) in [6.07, 6.45) is 0. The number of hydrogen-bond donors (Lipinski definition) is 2. The van der Waals surface area contributed by atoms with Crippen molar-refractivity contribution in [2.75, 3.05) is 0 Å². The Kier molecular flexibility index (Phi) is 5.18. The summed E-state index contributed by atoms with van der Waals surface area (Å²) in [5.41, 5.74) is 0.632. The quantitative estimate of drug-likeness (QED) is 0.440. The second-order valence-corrected chi connectivity index (χ2v) is 7.85. The second-order valence-electron chi connectivity index (χ2n) is 7.85. The molecule has 2 aliphatic rings. The van der Waals surface area contributed by atoms with Crippen LogP contribution < -0.4 is 5.32 Å². The van der Waals surface area contributed by atoms with Gasteiger partial charge in [-0.25, -0.2) is 0 Å². The molecule has 0 aromatic heterocycles. The Morgan fingerprint density at radius 2 is 1.50 bits per heavy atom. The van der Waals surface area contributed by atoms with Gasteiger partial charge in [-0.15, -0.1) is 0 Å². The number of nitrogens with zero attached hydrogens (tertiary/aromatic N) is 1. The molecule has 34 heavy (non-hydrogen) atoms. The van der Waals surface area contributed by atoms with Gasteiger partial charge in [-0.2, -0.15) is 0 Å². The molecule has 1 atom stereocenters. The van der Waals surface area contributed by atoms with E-state index in [4.69, 9.17) is 4.74 Å². The average molecular weight is 454 g/mol. The number of para-hydroxylation sites is 1. The lowest BCUT2D eigenvalue weighted by Gasteiger charge is -2.30. The molecule has 1 unspecified atom stereocenters. The van der Waals surface area contributed by atoms with Gasteiger partial charge in [-0.05, 0) is 11.6 Å². The number of ketones is 2. The topological polar surface area (TPSA) is 119 Å². The van der Waals surface area contributed by atoms with Gasteiger partial charge in [0, 0.05) is 23.2 Å². The maximum Gasteiger partial charge on any atom is 0.317 e. The molecule has 3 aromatic rings. The summed E-state index contributed by atoms with van der Waals surface area (Å²) < 4.78 is 5.77. The molecule has 8 nitrogen and oxygen atoms in total. The van der Waals surface area contributed by atoms with Crippen LogP contribution in [0.4, 0.5) is 0 Å². The van der Waals surface area contributed by atoms with Gasteiger partial charge in [0.2, 0.25) is 5.78 Å². The summed E-state index contributed by atoms with van der Waals surface area (Å²) in [6, 6.07) is 21.5. The zero-order valence-corrected chi connectivity index (χ0v) is 17.7. The Labute approximate surface area is 194 Å². The number of Topliss-reactive ketones (excluding diaryl/α,β-unsaturated/α-hetero) is 2. The highest BCUT2D eigenvalue weighted by molar-refractivity contribution is 6.27. The van der Waals surface area contributed by atoms with E-state index in [1.165, 1.54) is 24.3 Å². The third-order valence-corrected chi connectivity index (χ3v) is 5.85. The molecule has 2 N–H and O–H groups in total. The van der Waals surface area contributed by atoms with Crippen LogP contribution in [0.2, 0.25) is 0 Å². The van der Waals surface area contributed by atoms with Crippen molar-refractivity contribution in [3.8, 4) is 5.75 Å². The molecule has 8 heteroatoms. The molecular weight excluding hydrogens is 436 g/mol. The van der Waals surface area contributed by atoms with Crippen molar-refractivity contribution >= 4 is 11.6 Å². The number of rotatable bonds is 5. The van der Waals surface area contributed by atoms with Crippen LogP contribution in [0.15, 0.2) is 102 Å². The van der Waals surface area contributed by atoms with Crippen molar-refractivity contribution in [1.82, 2.24) is 5.32 Å². The number of ether oxygens (including phenoxy) is 1. The van der Waals surface area contributed by atoms with Crippen molar-refractivity contribution in [1.29, 1.82) is 0 Å². The van der Waals surface area contributed by atoms with Gasteiger partial charge in [0.1, 0.15) is 11.7 Å². The Balaban J connectivity index is 1.69. The van der Waals surface area contributed by atoms with E-state index in [1.807, 2.05) is 30.3 Å². The van der Waals surface area contributed by atoms with Crippen LogP contribution in [-0.2, 0) is 11.3 Å². The molecule has 5 rings (SSSR count). The first-order valence-corrected chi connectivity index (χ1v) is 10.5. The van der Waals surface area contributed by atoms with Crippen LogP contribution in [0.5, 0.6) is 5.75 Å². The minimum atomic E-state index is -1.32. The molecule has 0 bridgehead atoms. The number of carbonyl (C=O) groups is 2. The number of aromatic hydroxyl groups is 1. The third-order valence-electron chi connectivity index (χ3n) is 5.85. The first-order chi connectivity index (χ1) is 16.5. The molecule has 0 saturated carbocycles. The molecule has 1 aliphatic heterocycles. The van der Waals surface area contributed by atoms with Crippen LogP contribution in [0.1, 0.15) is 37.8 Å². The number of nitro groups is 1. The molecule has 1 heterocycles. The van der Waals surface area contributed by atoms with Gasteiger partial charge in [-0.3, -0.25) is 19.7 Å². The fourth-order valence-electron chi connectivity index (χ4n) is 4.29. The van der Waals surface area contributed by atoms with Crippen molar-refractivity contribution in [3.05, 3.63) is 134 Å². The summed E-state index contributed by atoms with van der Waals surface area (Å²) in [5.74, 6) is -3.18. The lowest BCUT2D eigenvalue weighted by Crippen LogP contribution is -2.35. The van der Waals surface area contributed by atoms with Gasteiger partial charge < -0.3 is 15.2 Å². The van der Waals surface area contributed by atoms with Crippen LogP contribution in [0.3, 0.4) is 0 Å². The van der Waals surface area contributed by atoms with E-state index >= 15 is 0 Å². The Bertz CT molecular complexity index is 1410. The highest BCUT2D eigenvalue weighted by atomic mass is 16.6. The number of carbonyl (C=O) groups excluding carboxylic acids is 2. The van der Waals surface area contributed by atoms with Crippen molar-refractivity contribution < 1.29 is 24.4 Å². The molecule has 0 radical (unpaired) electrons. The molecule has 0 spiro atoms. The SMILES string of the molecule is O=C1C2=C(C(=O)c3ccccc31)C(c1ccccc1O)C([N+](=O)[O-])=C(NCc1ccccc1)O2. The molecule has 168 valence electrons. The molecule has 0 amide bonds. The number of benzene rings is 3.